The van der Waals surface area contributed by atoms with Gasteiger partial charge in [0.05, 0.1) is 20.1 Å². The number of benzene rings is 1. The fourth-order valence-electron chi connectivity index (χ4n) is 5.66. The van der Waals surface area contributed by atoms with Crippen LogP contribution in [0, 0.1) is 19.8 Å². The van der Waals surface area contributed by atoms with E-state index in [0.29, 0.717) is 50.3 Å². The standard InChI is InChI=1S/C27H35N5O6/c1-17-14-19(15-18(2)29-17)16-38-22-6-4-21(5-7-22)27(28)10-11-31(25(27)34)23(24(33)30-37)20-8-12-32(3,13-9-20)26(35)36/h4-7,14-15,20,23H,8-13,16,28H2,1-3H3,(H2-,30,33,35,36,37)/p+1. The van der Waals surface area contributed by atoms with Gasteiger partial charge in [-0.05, 0) is 61.6 Å². The van der Waals surface area contributed by atoms with Gasteiger partial charge in [0.25, 0.3) is 5.91 Å². The summed E-state index contributed by atoms with van der Waals surface area (Å²) in [4.78, 5) is 43.8. The van der Waals surface area contributed by atoms with Crippen LogP contribution in [0.4, 0.5) is 4.79 Å². The van der Waals surface area contributed by atoms with Crippen molar-refractivity contribution in [1.29, 1.82) is 0 Å². The third-order valence-corrected chi connectivity index (χ3v) is 7.92. The number of hydrogen-bond acceptors (Lipinski definition) is 7. The van der Waals surface area contributed by atoms with Crippen molar-refractivity contribution < 1.29 is 33.9 Å². The van der Waals surface area contributed by atoms with E-state index >= 15 is 0 Å². The van der Waals surface area contributed by atoms with Gasteiger partial charge < -0.3 is 20.5 Å². The maximum Gasteiger partial charge on any atom is 0.513 e. The van der Waals surface area contributed by atoms with Crippen LogP contribution in [0.25, 0.3) is 0 Å². The molecule has 0 spiro atoms. The summed E-state index contributed by atoms with van der Waals surface area (Å²) in [6.45, 7) is 5.14. The van der Waals surface area contributed by atoms with Crippen LogP contribution in [0.3, 0.4) is 0 Å². The molecule has 4 rings (SSSR count). The van der Waals surface area contributed by atoms with Crippen molar-refractivity contribution in [3.05, 3.63) is 58.9 Å². The molecule has 11 heteroatoms. The quantitative estimate of drug-likeness (QED) is 0.243. The zero-order chi connectivity index (χ0) is 27.7. The van der Waals surface area contributed by atoms with E-state index in [1.54, 1.807) is 36.8 Å². The highest BCUT2D eigenvalue weighted by molar-refractivity contribution is 5.94. The van der Waals surface area contributed by atoms with E-state index in [-0.39, 0.29) is 16.9 Å². The Hall–Kier alpha value is -3.54. The molecule has 11 nitrogen and oxygen atoms in total. The Morgan fingerprint density at radius 2 is 1.82 bits per heavy atom. The van der Waals surface area contributed by atoms with Crippen molar-refractivity contribution >= 4 is 17.9 Å². The number of nitrogens with one attached hydrogen (secondary N) is 1. The first-order chi connectivity index (χ1) is 18.0. The topological polar surface area (TPSA) is 155 Å². The normalized spacial score (nSPS) is 26.2. The number of aromatic nitrogens is 1. The van der Waals surface area contributed by atoms with Crippen LogP contribution in [0.2, 0.25) is 0 Å². The van der Waals surface area contributed by atoms with Crippen LogP contribution in [-0.2, 0) is 21.7 Å². The number of carbonyl (C=O) groups excluding carboxylic acids is 2. The average Bonchev–Trinajstić information content (AvgIpc) is 3.18. The zero-order valence-electron chi connectivity index (χ0n) is 22.0. The number of nitrogens with zero attached hydrogens (tertiary/aromatic N) is 3. The van der Waals surface area contributed by atoms with Gasteiger partial charge in [-0.1, -0.05) is 12.1 Å². The van der Waals surface area contributed by atoms with Crippen LogP contribution in [0.5, 0.6) is 5.75 Å². The van der Waals surface area contributed by atoms with Gasteiger partial charge in [0, 0.05) is 30.8 Å². The Bertz CT molecular complexity index is 1190. The number of carboxylic acid groups (broad SMARTS) is 1. The minimum atomic E-state index is -1.33. The van der Waals surface area contributed by atoms with Gasteiger partial charge >= 0.3 is 6.09 Å². The summed E-state index contributed by atoms with van der Waals surface area (Å²) in [5.41, 5.74) is 10.5. The largest absolute Gasteiger partial charge is 0.513 e. The van der Waals surface area contributed by atoms with Gasteiger partial charge in [-0.25, -0.2) is 9.96 Å². The molecule has 0 saturated carbocycles. The van der Waals surface area contributed by atoms with Crippen LogP contribution in [-0.4, -0.2) is 75.3 Å². The molecule has 5 N–H and O–H groups in total. The molecule has 1 aromatic heterocycles. The van der Waals surface area contributed by atoms with E-state index < -0.39 is 29.5 Å². The van der Waals surface area contributed by atoms with Crippen molar-refractivity contribution in [1.82, 2.24) is 15.4 Å². The number of likely N-dealkylation sites (tertiary alicyclic amines) is 2. The highest BCUT2D eigenvalue weighted by Gasteiger charge is 2.51. The van der Waals surface area contributed by atoms with Crippen LogP contribution >= 0.6 is 0 Å². The fourth-order valence-corrected chi connectivity index (χ4v) is 5.66. The van der Waals surface area contributed by atoms with Crippen molar-refractivity contribution in [2.24, 2.45) is 11.7 Å². The lowest BCUT2D eigenvalue weighted by Crippen LogP contribution is -2.59. The molecule has 38 heavy (non-hydrogen) atoms. The lowest BCUT2D eigenvalue weighted by atomic mass is 9.86. The smallest absolute Gasteiger partial charge is 0.489 e. The van der Waals surface area contributed by atoms with Gasteiger partial charge in [0.1, 0.15) is 23.9 Å². The predicted octanol–water partition coefficient (Wildman–Crippen LogP) is 2.07. The highest BCUT2D eigenvalue weighted by atomic mass is 16.5. The molecule has 2 atom stereocenters. The number of aryl methyl sites for hydroxylation is 2. The third kappa shape index (κ3) is 5.35. The molecular formula is C27H36N5O6+. The Kier molecular flexibility index (Phi) is 7.73. The SMILES string of the molecule is Cc1cc(COc2ccc(C3(N)CCN(C(C(=O)NO)C4CC[N+](C)(C(=O)O)CC4)C3=O)cc2)cc(C)n1. The first-order valence-corrected chi connectivity index (χ1v) is 12.8. The molecule has 3 heterocycles. The lowest BCUT2D eigenvalue weighted by molar-refractivity contribution is -0.844. The molecule has 0 radical (unpaired) electrons. The maximum absolute atomic E-state index is 13.6. The Labute approximate surface area is 221 Å². The van der Waals surface area contributed by atoms with Crippen molar-refractivity contribution in [3.63, 3.8) is 0 Å². The van der Waals surface area contributed by atoms with E-state index in [0.717, 1.165) is 17.0 Å². The number of hydrogen-bond donors (Lipinski definition) is 4. The molecule has 2 aromatic rings. The molecular weight excluding hydrogens is 490 g/mol. The molecule has 3 amide bonds. The zero-order valence-corrected chi connectivity index (χ0v) is 22.0. The van der Waals surface area contributed by atoms with E-state index in [1.165, 1.54) is 4.90 Å². The number of carbonyl (C=O) groups is 3. The molecule has 2 unspecified atom stereocenters. The summed E-state index contributed by atoms with van der Waals surface area (Å²) in [7, 11) is 1.64. The van der Waals surface area contributed by atoms with Crippen molar-refractivity contribution in [3.8, 4) is 5.75 Å². The summed E-state index contributed by atoms with van der Waals surface area (Å²) in [5, 5.41) is 18.9. The lowest BCUT2D eigenvalue weighted by Gasteiger charge is -2.40. The summed E-state index contributed by atoms with van der Waals surface area (Å²) >= 11 is 0. The first-order valence-electron chi connectivity index (χ1n) is 12.8. The van der Waals surface area contributed by atoms with E-state index in [2.05, 4.69) is 4.98 Å². The van der Waals surface area contributed by atoms with Gasteiger partial charge in [0.2, 0.25) is 5.91 Å². The monoisotopic (exact) mass is 526 g/mol. The van der Waals surface area contributed by atoms with E-state index in [9.17, 15) is 24.7 Å². The number of amides is 3. The molecule has 204 valence electrons. The Balaban J connectivity index is 1.46. The van der Waals surface area contributed by atoms with Crippen molar-refractivity contribution in [2.45, 2.75) is 51.3 Å². The summed E-state index contributed by atoms with van der Waals surface area (Å²) in [6, 6.07) is 10.1. The van der Waals surface area contributed by atoms with Crippen molar-refractivity contribution in [2.75, 3.05) is 26.7 Å². The number of quaternary nitrogens is 1. The predicted molar refractivity (Wildman–Crippen MR) is 137 cm³/mol. The summed E-state index contributed by atoms with van der Waals surface area (Å²) in [5.74, 6) is -0.755. The molecule has 0 aliphatic carbocycles. The molecule has 1 aromatic carbocycles. The van der Waals surface area contributed by atoms with Crippen LogP contribution < -0.4 is 16.0 Å². The van der Waals surface area contributed by atoms with Crippen LogP contribution in [0.1, 0.15) is 41.8 Å². The molecule has 2 saturated heterocycles. The number of nitrogens with two attached hydrogens (primary N) is 1. The second-order valence-electron chi connectivity index (χ2n) is 10.7. The number of piperidine rings is 1. The second-order valence-corrected chi connectivity index (χ2v) is 10.7. The van der Waals surface area contributed by atoms with E-state index in [4.69, 9.17) is 10.5 Å². The number of hydroxylamine groups is 1. The fraction of sp³-hybridized carbons (Fsp3) is 0.481. The number of pyridine rings is 1. The average molecular weight is 527 g/mol. The van der Waals surface area contributed by atoms with Gasteiger partial charge in [0.15, 0.2) is 0 Å². The Morgan fingerprint density at radius 1 is 1.21 bits per heavy atom. The molecule has 2 aliphatic heterocycles. The highest BCUT2D eigenvalue weighted by Crippen LogP contribution is 2.37. The minimum absolute atomic E-state index is 0.145. The summed E-state index contributed by atoms with van der Waals surface area (Å²) in [6.07, 6.45) is 0.213. The van der Waals surface area contributed by atoms with Crippen LogP contribution in [0.15, 0.2) is 36.4 Å². The second kappa shape index (κ2) is 10.7. The Morgan fingerprint density at radius 3 is 2.37 bits per heavy atom. The van der Waals surface area contributed by atoms with Gasteiger partial charge in [-0.3, -0.25) is 19.8 Å². The number of ether oxygens (including phenoxy) is 1. The number of rotatable bonds is 7. The van der Waals surface area contributed by atoms with Gasteiger partial charge in [-0.2, -0.15) is 4.79 Å². The van der Waals surface area contributed by atoms with E-state index in [1.807, 2.05) is 26.0 Å². The van der Waals surface area contributed by atoms with Gasteiger partial charge in [-0.15, -0.1) is 0 Å². The summed E-state index contributed by atoms with van der Waals surface area (Å²) < 4.78 is 5.76. The maximum atomic E-state index is 13.6. The molecule has 0 bridgehead atoms. The third-order valence-electron chi connectivity index (χ3n) is 7.92. The minimum Gasteiger partial charge on any atom is -0.489 e. The first kappa shape index (κ1) is 27.5. The molecule has 2 aliphatic rings. The molecule has 2 fully saturated rings.